The Balaban J connectivity index is 0.000000489. The third-order valence-electron chi connectivity index (χ3n) is 4.84. The van der Waals surface area contributed by atoms with E-state index in [1.54, 1.807) is 11.3 Å². The topological polar surface area (TPSA) is 45.5 Å². The summed E-state index contributed by atoms with van der Waals surface area (Å²) in [4.78, 5) is 12.4. The highest BCUT2D eigenvalue weighted by atomic mass is 32.1. The molecule has 0 unspecified atom stereocenters. The SMILES string of the molecule is C/C=C\CC.CC.CCc1csc(-c2cnc3c(Nc4cccc(N(C)C)c4)nccn23)c1. The van der Waals surface area contributed by atoms with Gasteiger partial charge in [0.15, 0.2) is 11.5 Å². The molecule has 0 aliphatic carbocycles. The lowest BCUT2D eigenvalue weighted by Gasteiger charge is -2.14. The molecule has 33 heavy (non-hydrogen) atoms. The molecule has 5 nitrogen and oxygen atoms in total. The summed E-state index contributed by atoms with van der Waals surface area (Å²) < 4.78 is 2.09. The van der Waals surface area contributed by atoms with Gasteiger partial charge in [0, 0.05) is 37.9 Å². The molecule has 4 aromatic rings. The maximum Gasteiger partial charge on any atom is 0.180 e. The number of hydrogen-bond acceptors (Lipinski definition) is 5. The zero-order valence-corrected chi connectivity index (χ0v) is 21.8. The van der Waals surface area contributed by atoms with Crippen molar-refractivity contribution in [1.82, 2.24) is 14.4 Å². The number of allylic oxidation sites excluding steroid dienone is 2. The van der Waals surface area contributed by atoms with Crippen molar-refractivity contribution >= 4 is 34.2 Å². The number of aryl methyl sites for hydroxylation is 1. The molecular weight excluding hydrogens is 426 g/mol. The predicted molar refractivity (Wildman–Crippen MR) is 146 cm³/mol. The van der Waals surface area contributed by atoms with Gasteiger partial charge in [0.05, 0.1) is 16.8 Å². The molecule has 0 saturated heterocycles. The maximum absolute atomic E-state index is 4.62. The number of rotatable bonds is 6. The minimum absolute atomic E-state index is 0.752. The number of benzene rings is 1. The van der Waals surface area contributed by atoms with Gasteiger partial charge in [-0.3, -0.25) is 4.40 Å². The second kappa shape index (κ2) is 13.4. The second-order valence-corrected chi connectivity index (χ2v) is 8.24. The fourth-order valence-electron chi connectivity index (χ4n) is 3.12. The lowest BCUT2D eigenvalue weighted by atomic mass is 10.2. The van der Waals surface area contributed by atoms with Crippen LogP contribution < -0.4 is 10.2 Å². The lowest BCUT2D eigenvalue weighted by molar-refractivity contribution is 1.12. The van der Waals surface area contributed by atoms with Crippen molar-refractivity contribution in [1.29, 1.82) is 0 Å². The minimum Gasteiger partial charge on any atom is -0.378 e. The number of imidazole rings is 1. The number of thiophene rings is 1. The van der Waals surface area contributed by atoms with Crippen LogP contribution >= 0.6 is 11.3 Å². The highest BCUT2D eigenvalue weighted by Gasteiger charge is 2.12. The number of aromatic nitrogens is 3. The molecule has 0 radical (unpaired) electrons. The highest BCUT2D eigenvalue weighted by Crippen LogP contribution is 2.30. The van der Waals surface area contributed by atoms with Crippen LogP contribution in [0.5, 0.6) is 0 Å². The molecule has 0 aliphatic heterocycles. The zero-order valence-electron chi connectivity index (χ0n) is 21.0. The van der Waals surface area contributed by atoms with Crippen molar-refractivity contribution in [3.63, 3.8) is 0 Å². The van der Waals surface area contributed by atoms with Crippen molar-refractivity contribution in [2.24, 2.45) is 0 Å². The largest absolute Gasteiger partial charge is 0.378 e. The van der Waals surface area contributed by atoms with Crippen LogP contribution in [-0.4, -0.2) is 28.5 Å². The Morgan fingerprint density at radius 2 is 1.91 bits per heavy atom. The van der Waals surface area contributed by atoms with Crippen molar-refractivity contribution in [2.45, 2.75) is 47.5 Å². The van der Waals surface area contributed by atoms with Crippen LogP contribution in [0, 0.1) is 0 Å². The van der Waals surface area contributed by atoms with Gasteiger partial charge in [-0.25, -0.2) is 9.97 Å². The van der Waals surface area contributed by atoms with Gasteiger partial charge in [0.1, 0.15) is 0 Å². The third-order valence-corrected chi connectivity index (χ3v) is 5.84. The summed E-state index contributed by atoms with van der Waals surface area (Å²) in [5, 5.41) is 5.62. The number of anilines is 3. The van der Waals surface area contributed by atoms with E-state index in [-0.39, 0.29) is 0 Å². The first-order chi connectivity index (χ1) is 16.1. The Morgan fingerprint density at radius 3 is 2.52 bits per heavy atom. The van der Waals surface area contributed by atoms with E-state index in [1.165, 1.54) is 10.4 Å². The van der Waals surface area contributed by atoms with Crippen molar-refractivity contribution < 1.29 is 0 Å². The normalized spacial score (nSPS) is 10.4. The molecule has 0 atom stereocenters. The first-order valence-electron chi connectivity index (χ1n) is 11.6. The van der Waals surface area contributed by atoms with Crippen LogP contribution in [0.4, 0.5) is 17.2 Å². The van der Waals surface area contributed by atoms with E-state index in [2.05, 4.69) is 74.2 Å². The number of hydrogen-bond donors (Lipinski definition) is 1. The van der Waals surface area contributed by atoms with Crippen LogP contribution in [0.25, 0.3) is 16.2 Å². The van der Waals surface area contributed by atoms with Gasteiger partial charge in [0.25, 0.3) is 0 Å². The highest BCUT2D eigenvalue weighted by molar-refractivity contribution is 7.13. The quantitative estimate of drug-likeness (QED) is 0.296. The molecule has 3 heterocycles. The third kappa shape index (κ3) is 6.93. The molecule has 0 bridgehead atoms. The summed E-state index contributed by atoms with van der Waals surface area (Å²) in [5.74, 6) is 0.752. The van der Waals surface area contributed by atoms with E-state index >= 15 is 0 Å². The van der Waals surface area contributed by atoms with E-state index in [9.17, 15) is 0 Å². The molecule has 4 rings (SSSR count). The predicted octanol–water partition coefficient (Wildman–Crippen LogP) is 7.83. The average molecular weight is 464 g/mol. The van der Waals surface area contributed by atoms with Crippen molar-refractivity contribution in [3.8, 4) is 10.6 Å². The van der Waals surface area contributed by atoms with Crippen molar-refractivity contribution in [2.75, 3.05) is 24.3 Å². The molecule has 0 aliphatic rings. The number of nitrogens with one attached hydrogen (secondary N) is 1. The summed E-state index contributed by atoms with van der Waals surface area (Å²) in [6, 6.07) is 10.5. The molecule has 0 spiro atoms. The smallest absolute Gasteiger partial charge is 0.180 e. The maximum atomic E-state index is 4.62. The molecule has 0 amide bonds. The van der Waals surface area contributed by atoms with Crippen LogP contribution in [0.15, 0.2) is 66.5 Å². The number of nitrogens with zero attached hydrogens (tertiary/aromatic N) is 4. The first-order valence-corrected chi connectivity index (χ1v) is 12.5. The van der Waals surface area contributed by atoms with Gasteiger partial charge < -0.3 is 10.2 Å². The molecule has 6 heteroatoms. The number of fused-ring (bicyclic) bond motifs is 1. The van der Waals surface area contributed by atoms with Crippen LogP contribution in [-0.2, 0) is 6.42 Å². The fourth-order valence-corrected chi connectivity index (χ4v) is 4.12. The van der Waals surface area contributed by atoms with Gasteiger partial charge >= 0.3 is 0 Å². The second-order valence-electron chi connectivity index (χ2n) is 7.33. The van der Waals surface area contributed by atoms with E-state index < -0.39 is 0 Å². The van der Waals surface area contributed by atoms with Crippen LogP contribution in [0.1, 0.15) is 46.6 Å². The summed E-state index contributed by atoms with van der Waals surface area (Å²) in [6.45, 7) is 10.3. The summed E-state index contributed by atoms with van der Waals surface area (Å²) >= 11 is 1.75. The molecule has 176 valence electrons. The van der Waals surface area contributed by atoms with Gasteiger partial charge in [-0.15, -0.1) is 11.3 Å². The van der Waals surface area contributed by atoms with Crippen LogP contribution in [0.2, 0.25) is 0 Å². The van der Waals surface area contributed by atoms with E-state index in [0.717, 1.165) is 41.4 Å². The molecule has 0 saturated carbocycles. The Hall–Kier alpha value is -3.12. The lowest BCUT2D eigenvalue weighted by Crippen LogP contribution is -2.08. The summed E-state index contributed by atoms with van der Waals surface area (Å²) in [6.07, 6.45) is 12.1. The summed E-state index contributed by atoms with van der Waals surface area (Å²) in [7, 11) is 4.06. The zero-order chi connectivity index (χ0) is 24.2. The average Bonchev–Trinajstić information content (AvgIpc) is 3.49. The van der Waals surface area contributed by atoms with Gasteiger partial charge in [-0.1, -0.05) is 45.9 Å². The van der Waals surface area contributed by atoms with Crippen LogP contribution in [0.3, 0.4) is 0 Å². The first kappa shape index (κ1) is 26.1. The van der Waals surface area contributed by atoms with Gasteiger partial charge in [-0.05, 0) is 55.0 Å². The van der Waals surface area contributed by atoms with Gasteiger partial charge in [0.2, 0.25) is 0 Å². The summed E-state index contributed by atoms with van der Waals surface area (Å²) in [5.41, 5.74) is 5.40. The van der Waals surface area contributed by atoms with Gasteiger partial charge in [-0.2, -0.15) is 0 Å². The Bertz CT molecular complexity index is 1140. The van der Waals surface area contributed by atoms with E-state index in [0.29, 0.717) is 0 Å². The van der Waals surface area contributed by atoms with Crippen molar-refractivity contribution in [3.05, 3.63) is 72.0 Å². The molecule has 1 aromatic carbocycles. The molecule has 3 aromatic heterocycles. The fraction of sp³-hybridized carbons (Fsp3) is 0.333. The Labute approximate surface area is 202 Å². The minimum atomic E-state index is 0.752. The molecule has 0 fully saturated rings. The van der Waals surface area contributed by atoms with E-state index in [1.807, 2.05) is 65.6 Å². The molecular formula is C27H37N5S. The molecule has 1 N–H and O–H groups in total. The Morgan fingerprint density at radius 1 is 1.12 bits per heavy atom. The van der Waals surface area contributed by atoms with E-state index in [4.69, 9.17) is 0 Å². The monoisotopic (exact) mass is 463 g/mol. The Kier molecular flexibility index (Phi) is 10.6. The standard InChI is InChI=1S/C20H21N5S.C5H10.C2H6/c1-4-14-10-18(26-13-14)17-12-22-20-19(21-8-9-25(17)20)23-15-6-5-7-16(11-15)24(2)3;1-3-5-4-2;1-2/h5-13H,4H2,1-3H3,(H,21,23);3,5H,4H2,1-2H3;1-2H3/b;5-3-;.